The standard InChI is InChI=1S/C13H13ClFN3O2S/c1-17-21(19,20)13-3-2-10(7-12(13)16)18-11-5-8(14)4-9(15)6-11/h2-7,17-18H,16H2,1H3. The summed E-state index contributed by atoms with van der Waals surface area (Å²) >= 11 is 5.76. The third-order valence-electron chi connectivity index (χ3n) is 2.72. The molecule has 21 heavy (non-hydrogen) atoms. The van der Waals surface area contributed by atoms with Gasteiger partial charge >= 0.3 is 0 Å². The SMILES string of the molecule is CNS(=O)(=O)c1ccc(Nc2cc(F)cc(Cl)c2)cc1N. The Balaban J connectivity index is 2.33. The maximum atomic E-state index is 13.2. The molecule has 0 bridgehead atoms. The van der Waals surface area contributed by atoms with E-state index in [2.05, 4.69) is 10.0 Å². The first-order valence-corrected chi connectivity index (χ1v) is 7.74. The molecule has 0 saturated carbocycles. The van der Waals surface area contributed by atoms with Gasteiger partial charge in [-0.15, -0.1) is 0 Å². The second-order valence-electron chi connectivity index (χ2n) is 4.24. The fourth-order valence-corrected chi connectivity index (χ4v) is 2.83. The lowest BCUT2D eigenvalue weighted by molar-refractivity contribution is 0.588. The quantitative estimate of drug-likeness (QED) is 0.753. The van der Waals surface area contributed by atoms with Crippen molar-refractivity contribution in [2.24, 2.45) is 0 Å². The number of rotatable bonds is 4. The molecular formula is C13H13ClFN3O2S. The summed E-state index contributed by atoms with van der Waals surface area (Å²) in [5.41, 5.74) is 6.77. The van der Waals surface area contributed by atoms with Crippen molar-refractivity contribution in [2.45, 2.75) is 4.90 Å². The lowest BCUT2D eigenvalue weighted by Crippen LogP contribution is -2.19. The molecule has 0 saturated heterocycles. The van der Waals surface area contributed by atoms with Crippen LogP contribution in [0.5, 0.6) is 0 Å². The van der Waals surface area contributed by atoms with E-state index in [9.17, 15) is 12.8 Å². The molecule has 0 aromatic heterocycles. The van der Waals surface area contributed by atoms with E-state index < -0.39 is 15.8 Å². The summed E-state index contributed by atoms with van der Waals surface area (Å²) in [6.45, 7) is 0. The van der Waals surface area contributed by atoms with E-state index >= 15 is 0 Å². The van der Waals surface area contributed by atoms with E-state index in [0.29, 0.717) is 11.4 Å². The predicted molar refractivity (Wildman–Crippen MR) is 81.8 cm³/mol. The van der Waals surface area contributed by atoms with Crippen molar-refractivity contribution in [1.82, 2.24) is 4.72 Å². The van der Waals surface area contributed by atoms with Crippen molar-refractivity contribution in [3.05, 3.63) is 47.2 Å². The number of halogens is 2. The number of benzene rings is 2. The average molecular weight is 330 g/mol. The molecule has 8 heteroatoms. The van der Waals surface area contributed by atoms with Gasteiger partial charge in [0.15, 0.2) is 0 Å². The number of hydrogen-bond acceptors (Lipinski definition) is 4. The average Bonchev–Trinajstić information content (AvgIpc) is 2.37. The van der Waals surface area contributed by atoms with E-state index in [4.69, 9.17) is 17.3 Å². The zero-order chi connectivity index (χ0) is 15.6. The normalized spacial score (nSPS) is 11.4. The van der Waals surface area contributed by atoms with Crippen molar-refractivity contribution in [3.63, 3.8) is 0 Å². The summed E-state index contributed by atoms with van der Waals surface area (Å²) in [4.78, 5) is -0.0205. The van der Waals surface area contributed by atoms with Gasteiger partial charge in [0.05, 0.1) is 5.69 Å². The maximum Gasteiger partial charge on any atom is 0.242 e. The van der Waals surface area contributed by atoms with Gasteiger partial charge in [-0.1, -0.05) is 11.6 Å². The minimum absolute atomic E-state index is 0.0205. The summed E-state index contributed by atoms with van der Waals surface area (Å²) < 4.78 is 38.8. The second-order valence-corrected chi connectivity index (χ2v) is 6.53. The van der Waals surface area contributed by atoms with Crippen molar-refractivity contribution < 1.29 is 12.8 Å². The fraction of sp³-hybridized carbons (Fsp3) is 0.0769. The lowest BCUT2D eigenvalue weighted by Gasteiger charge is -2.11. The van der Waals surface area contributed by atoms with Crippen LogP contribution in [-0.2, 0) is 10.0 Å². The van der Waals surface area contributed by atoms with Crippen LogP contribution in [0.4, 0.5) is 21.5 Å². The number of sulfonamides is 1. The van der Waals surface area contributed by atoms with E-state index in [1.807, 2.05) is 0 Å². The molecular weight excluding hydrogens is 317 g/mol. The molecule has 2 aromatic carbocycles. The van der Waals surface area contributed by atoms with Crippen LogP contribution in [0.25, 0.3) is 0 Å². The van der Waals surface area contributed by atoms with Crippen LogP contribution >= 0.6 is 11.6 Å². The highest BCUT2D eigenvalue weighted by molar-refractivity contribution is 7.89. The molecule has 0 unspecified atom stereocenters. The Kier molecular flexibility index (Phi) is 4.36. The van der Waals surface area contributed by atoms with Gasteiger partial charge in [-0.25, -0.2) is 17.5 Å². The van der Waals surface area contributed by atoms with E-state index in [1.165, 1.54) is 37.4 Å². The van der Waals surface area contributed by atoms with Crippen molar-refractivity contribution in [1.29, 1.82) is 0 Å². The van der Waals surface area contributed by atoms with E-state index in [0.717, 1.165) is 0 Å². The van der Waals surface area contributed by atoms with Gasteiger partial charge in [-0.2, -0.15) is 0 Å². The first kappa shape index (κ1) is 15.6. The molecule has 0 aliphatic carbocycles. The molecule has 4 N–H and O–H groups in total. The molecule has 2 rings (SSSR count). The molecule has 0 radical (unpaired) electrons. The summed E-state index contributed by atoms with van der Waals surface area (Å²) in [7, 11) is -2.31. The van der Waals surface area contributed by atoms with Gasteiger partial charge in [0.25, 0.3) is 0 Å². The second kappa shape index (κ2) is 5.88. The Hall–Kier alpha value is -1.83. The van der Waals surface area contributed by atoms with Crippen LogP contribution in [0.15, 0.2) is 41.3 Å². The molecule has 0 spiro atoms. The Morgan fingerprint density at radius 2 is 1.86 bits per heavy atom. The number of hydrogen-bond donors (Lipinski definition) is 3. The van der Waals surface area contributed by atoms with Gasteiger partial charge in [0.2, 0.25) is 10.0 Å². The largest absolute Gasteiger partial charge is 0.398 e. The number of nitrogen functional groups attached to an aromatic ring is 1. The third kappa shape index (κ3) is 3.63. The Morgan fingerprint density at radius 1 is 1.14 bits per heavy atom. The predicted octanol–water partition coefficient (Wildman–Crippen LogP) is 2.71. The minimum atomic E-state index is -3.62. The molecule has 0 aliphatic rings. The van der Waals surface area contributed by atoms with Gasteiger partial charge < -0.3 is 11.1 Å². The van der Waals surface area contributed by atoms with Gasteiger partial charge in [0.1, 0.15) is 10.7 Å². The third-order valence-corrected chi connectivity index (χ3v) is 4.43. The number of anilines is 3. The summed E-state index contributed by atoms with van der Waals surface area (Å²) in [6, 6.07) is 8.33. The van der Waals surface area contributed by atoms with Crippen molar-refractivity contribution in [3.8, 4) is 0 Å². The van der Waals surface area contributed by atoms with Gasteiger partial charge in [-0.05, 0) is 43.4 Å². The van der Waals surface area contributed by atoms with Crippen LogP contribution < -0.4 is 15.8 Å². The Morgan fingerprint density at radius 3 is 2.43 bits per heavy atom. The zero-order valence-corrected chi connectivity index (χ0v) is 12.6. The topological polar surface area (TPSA) is 84.2 Å². The first-order valence-electron chi connectivity index (χ1n) is 5.88. The monoisotopic (exact) mass is 329 g/mol. The summed E-state index contributed by atoms with van der Waals surface area (Å²) in [6.07, 6.45) is 0. The smallest absolute Gasteiger partial charge is 0.242 e. The molecule has 0 aliphatic heterocycles. The highest BCUT2D eigenvalue weighted by atomic mass is 35.5. The summed E-state index contributed by atoms with van der Waals surface area (Å²) in [5, 5.41) is 3.15. The first-order chi connectivity index (χ1) is 9.81. The van der Waals surface area contributed by atoms with Crippen LogP contribution in [0, 0.1) is 5.82 Å². The molecule has 0 amide bonds. The van der Waals surface area contributed by atoms with Gasteiger partial charge in [-0.3, -0.25) is 0 Å². The minimum Gasteiger partial charge on any atom is -0.398 e. The molecule has 112 valence electrons. The Bertz CT molecular complexity index is 761. The zero-order valence-electron chi connectivity index (χ0n) is 11.0. The Labute approximate surface area is 127 Å². The number of nitrogens with two attached hydrogens (primary N) is 1. The molecule has 2 aromatic rings. The maximum absolute atomic E-state index is 13.2. The van der Waals surface area contributed by atoms with Crippen molar-refractivity contribution >= 4 is 38.7 Å². The summed E-state index contributed by atoms with van der Waals surface area (Å²) in [5.74, 6) is -0.479. The van der Waals surface area contributed by atoms with Crippen molar-refractivity contribution in [2.75, 3.05) is 18.1 Å². The van der Waals surface area contributed by atoms with Crippen LogP contribution in [0.3, 0.4) is 0 Å². The lowest BCUT2D eigenvalue weighted by atomic mass is 10.2. The van der Waals surface area contributed by atoms with E-state index in [-0.39, 0.29) is 15.6 Å². The highest BCUT2D eigenvalue weighted by Gasteiger charge is 2.15. The van der Waals surface area contributed by atoms with E-state index in [1.54, 1.807) is 6.07 Å². The van der Waals surface area contributed by atoms with Crippen LogP contribution in [0.1, 0.15) is 0 Å². The molecule has 0 fully saturated rings. The highest BCUT2D eigenvalue weighted by Crippen LogP contribution is 2.26. The van der Waals surface area contributed by atoms with Gasteiger partial charge in [0, 0.05) is 16.4 Å². The molecule has 5 nitrogen and oxygen atoms in total. The molecule has 0 atom stereocenters. The molecule has 0 heterocycles. The number of nitrogens with one attached hydrogen (secondary N) is 2. The van der Waals surface area contributed by atoms with Crippen LogP contribution in [0.2, 0.25) is 5.02 Å². The fourth-order valence-electron chi connectivity index (χ4n) is 1.77. The van der Waals surface area contributed by atoms with Crippen LogP contribution in [-0.4, -0.2) is 15.5 Å².